The number of hydrogen-bond acceptors (Lipinski definition) is 5. The molecule has 3 unspecified atom stereocenters. The number of esters is 1. The number of unbranched alkanes of at least 4 members (excludes halogenated alkanes) is 3. The van der Waals surface area contributed by atoms with E-state index in [-0.39, 0.29) is 11.2 Å². The molecule has 1 heterocycles. The molecule has 0 radical (unpaired) electrons. The Bertz CT molecular complexity index is 891. The second-order valence-corrected chi connectivity index (χ2v) is 17.3. The van der Waals surface area contributed by atoms with Gasteiger partial charge >= 0.3 is 5.97 Å². The van der Waals surface area contributed by atoms with Crippen molar-refractivity contribution in [1.82, 2.24) is 9.80 Å². The van der Waals surface area contributed by atoms with E-state index in [0.717, 1.165) is 63.8 Å². The van der Waals surface area contributed by atoms with Crippen LogP contribution in [0.25, 0.3) is 0 Å². The lowest BCUT2D eigenvalue weighted by Crippen LogP contribution is -2.32. The number of amides is 1. The molecule has 5 nitrogen and oxygen atoms in total. The van der Waals surface area contributed by atoms with E-state index < -0.39 is 0 Å². The Morgan fingerprint density at radius 3 is 2.06 bits per heavy atom. The minimum Gasteiger partial charge on any atom is -0.466 e. The van der Waals surface area contributed by atoms with Crippen molar-refractivity contribution >= 4 is 23.0 Å². The van der Waals surface area contributed by atoms with Crippen molar-refractivity contribution in [1.29, 1.82) is 0 Å². The Morgan fingerprint density at radius 2 is 1.37 bits per heavy atom. The molecule has 0 fully saturated rings. The highest BCUT2D eigenvalue weighted by atomic mass is 32.2. The van der Waals surface area contributed by atoms with Gasteiger partial charge in [-0.1, -0.05) is 159 Å². The van der Waals surface area contributed by atoms with Crippen LogP contribution in [0.1, 0.15) is 201 Å². The number of thioether (sulfide) groups is 1. The van der Waals surface area contributed by atoms with Crippen molar-refractivity contribution in [3.05, 3.63) is 24.3 Å². The van der Waals surface area contributed by atoms with Gasteiger partial charge in [0.05, 0.1) is 6.61 Å². The van der Waals surface area contributed by atoms with Crippen LogP contribution in [0.5, 0.6) is 0 Å². The molecule has 1 aliphatic heterocycles. The number of cyclic esters (lactones) is 1. The van der Waals surface area contributed by atoms with E-state index in [1.54, 1.807) is 0 Å². The molecule has 0 aliphatic carbocycles. The number of hydrogen-bond donors (Lipinski definition) is 0. The number of ether oxygens (including phenoxy) is 1. The maximum Gasteiger partial charge on any atom is 0.305 e. The van der Waals surface area contributed by atoms with Gasteiger partial charge in [-0.3, -0.25) is 9.59 Å². The molecule has 0 aromatic carbocycles. The molecule has 0 saturated carbocycles. The molecule has 0 N–H and O–H groups in total. The molecular weight excluding hydrogens is 661 g/mol. The summed E-state index contributed by atoms with van der Waals surface area (Å²) in [5.74, 6) is 2.18. The van der Waals surface area contributed by atoms with Crippen LogP contribution in [0.15, 0.2) is 24.3 Å². The maximum atomic E-state index is 13.2. The van der Waals surface area contributed by atoms with Gasteiger partial charge in [0, 0.05) is 31.3 Å². The number of carbonyl (C=O) groups is 2. The van der Waals surface area contributed by atoms with E-state index in [1.807, 2.05) is 0 Å². The second-order valence-electron chi connectivity index (χ2n) is 16.3. The summed E-state index contributed by atoms with van der Waals surface area (Å²) in [6, 6.07) is 0.384. The first-order valence-electron chi connectivity index (χ1n) is 22.4. The van der Waals surface area contributed by atoms with E-state index in [0.29, 0.717) is 30.9 Å². The minimum absolute atomic E-state index is 0.0169. The van der Waals surface area contributed by atoms with Gasteiger partial charge in [-0.05, 0) is 97.1 Å². The van der Waals surface area contributed by atoms with Gasteiger partial charge in [-0.15, -0.1) is 0 Å². The van der Waals surface area contributed by atoms with E-state index >= 15 is 0 Å². The highest BCUT2D eigenvalue weighted by molar-refractivity contribution is 8.13. The quantitative estimate of drug-likeness (QED) is 0.141. The summed E-state index contributed by atoms with van der Waals surface area (Å²) in [6.45, 7) is 9.17. The van der Waals surface area contributed by atoms with E-state index in [2.05, 4.69) is 69.0 Å². The van der Waals surface area contributed by atoms with Crippen molar-refractivity contribution in [2.75, 3.05) is 39.5 Å². The predicted octanol–water partition coefficient (Wildman–Crippen LogP) is 14.0. The summed E-state index contributed by atoms with van der Waals surface area (Å²) >= 11 is 1.49. The third-order valence-electron chi connectivity index (χ3n) is 11.1. The first-order chi connectivity index (χ1) is 25.3. The third kappa shape index (κ3) is 30.1. The van der Waals surface area contributed by atoms with Crippen LogP contribution in [0.2, 0.25) is 0 Å². The molecule has 0 aromatic rings. The first kappa shape index (κ1) is 48.7. The number of rotatable bonds is 8. The summed E-state index contributed by atoms with van der Waals surface area (Å²) in [5.41, 5.74) is 0. The fraction of sp³-hybridized carbons (Fsp3) is 0.870. The summed E-state index contributed by atoms with van der Waals surface area (Å²) in [4.78, 5) is 30.0. The Balaban J connectivity index is 2.61. The van der Waals surface area contributed by atoms with E-state index in [9.17, 15) is 9.59 Å². The van der Waals surface area contributed by atoms with Gasteiger partial charge in [0.1, 0.15) is 0 Å². The SMILES string of the molecule is CCCCCCC1CCCCCC(C)C=CCCCC=CCCCCCCCCCN(C(=O)SCC(C)N(C)C)CCCCCCCC(=O)OCC1. The molecule has 0 aromatic heterocycles. The molecule has 304 valence electrons. The molecule has 1 aliphatic rings. The molecule has 0 spiro atoms. The lowest BCUT2D eigenvalue weighted by atomic mass is 9.91. The summed E-state index contributed by atoms with van der Waals surface area (Å²) in [6.07, 6.45) is 43.2. The van der Waals surface area contributed by atoms with Crippen molar-refractivity contribution in [3.8, 4) is 0 Å². The average molecular weight is 747 g/mol. The van der Waals surface area contributed by atoms with Gasteiger partial charge in [-0.25, -0.2) is 0 Å². The van der Waals surface area contributed by atoms with Crippen LogP contribution in [0.3, 0.4) is 0 Å². The van der Waals surface area contributed by atoms with Gasteiger partial charge in [0.25, 0.3) is 5.24 Å². The standard InChI is InChI=1S/C46H86N2O3S/c1-6-7-8-27-34-44-35-28-24-26-33-42(2)32-25-20-17-15-13-11-9-10-12-14-16-18-22-30-38-48(46(50)52-41-43(3)47(4)5)39-31-23-19-21-29-36-45(49)51-40-37-44/h11,13,25,32,42-44H,6-10,12,14-24,26-31,33-41H2,1-5H3. The smallest absolute Gasteiger partial charge is 0.305 e. The Hall–Kier alpha value is -1.27. The van der Waals surface area contributed by atoms with Crippen molar-refractivity contribution in [2.45, 2.75) is 207 Å². The van der Waals surface area contributed by atoms with Crippen LogP contribution in [0.4, 0.5) is 4.79 Å². The van der Waals surface area contributed by atoms with Crippen LogP contribution >= 0.6 is 11.8 Å². The maximum absolute atomic E-state index is 13.2. The lowest BCUT2D eigenvalue weighted by Gasteiger charge is -2.24. The highest BCUT2D eigenvalue weighted by Crippen LogP contribution is 2.23. The van der Waals surface area contributed by atoms with Gasteiger partial charge in [-0.2, -0.15) is 0 Å². The van der Waals surface area contributed by atoms with Crippen LogP contribution < -0.4 is 0 Å². The first-order valence-corrected chi connectivity index (χ1v) is 23.4. The van der Waals surface area contributed by atoms with E-state index in [4.69, 9.17) is 4.74 Å². The normalized spacial score (nSPS) is 23.0. The number of carbonyl (C=O) groups excluding carboxylic acids is 2. The van der Waals surface area contributed by atoms with Crippen LogP contribution in [0, 0.1) is 11.8 Å². The minimum atomic E-state index is -0.0169. The number of nitrogens with zero attached hydrogens (tertiary/aromatic N) is 2. The third-order valence-corrected chi connectivity index (χ3v) is 12.2. The number of allylic oxidation sites excluding steroid dienone is 4. The highest BCUT2D eigenvalue weighted by Gasteiger charge is 2.16. The monoisotopic (exact) mass is 747 g/mol. The molecule has 1 rings (SSSR count). The average Bonchev–Trinajstić information content (AvgIpc) is 3.12. The fourth-order valence-electron chi connectivity index (χ4n) is 7.07. The predicted molar refractivity (Wildman–Crippen MR) is 229 cm³/mol. The molecule has 0 saturated heterocycles. The molecule has 6 heteroatoms. The second kappa shape index (κ2) is 35.4. The van der Waals surface area contributed by atoms with Gasteiger partial charge in [0.15, 0.2) is 0 Å². The zero-order chi connectivity index (χ0) is 37.9. The topological polar surface area (TPSA) is 49.9 Å². The molecule has 3 atom stereocenters. The molecule has 0 bridgehead atoms. The zero-order valence-electron chi connectivity index (χ0n) is 35.2. The van der Waals surface area contributed by atoms with Gasteiger partial charge < -0.3 is 14.5 Å². The van der Waals surface area contributed by atoms with Gasteiger partial charge in [0.2, 0.25) is 0 Å². The van der Waals surface area contributed by atoms with Crippen LogP contribution in [-0.4, -0.2) is 66.6 Å². The Morgan fingerprint density at radius 1 is 0.769 bits per heavy atom. The van der Waals surface area contributed by atoms with Crippen molar-refractivity contribution in [3.63, 3.8) is 0 Å². The zero-order valence-corrected chi connectivity index (χ0v) is 36.0. The molecule has 1 amide bonds. The van der Waals surface area contributed by atoms with Crippen LogP contribution in [-0.2, 0) is 9.53 Å². The summed E-state index contributed by atoms with van der Waals surface area (Å²) in [5, 5.41) is 0.248. The molecular formula is C46H86N2O3S. The summed E-state index contributed by atoms with van der Waals surface area (Å²) in [7, 11) is 4.17. The molecule has 52 heavy (non-hydrogen) atoms. The van der Waals surface area contributed by atoms with Crippen molar-refractivity contribution in [2.24, 2.45) is 11.8 Å². The van der Waals surface area contributed by atoms with Crippen molar-refractivity contribution < 1.29 is 14.3 Å². The van der Waals surface area contributed by atoms with E-state index in [1.165, 1.54) is 140 Å². The summed E-state index contributed by atoms with van der Waals surface area (Å²) < 4.78 is 5.74. The largest absolute Gasteiger partial charge is 0.466 e. The Kier molecular flexibility index (Phi) is 33.2. The Labute approximate surface area is 328 Å². The lowest BCUT2D eigenvalue weighted by molar-refractivity contribution is -0.144. The fourth-order valence-corrected chi connectivity index (χ4v) is 8.12.